The molecule has 6 heteroatoms. The maximum atomic E-state index is 6.69. The van der Waals surface area contributed by atoms with Gasteiger partial charge in [-0.25, -0.2) is 15.0 Å². The number of hydrogen-bond acceptors (Lipinski definition) is 5. The van der Waals surface area contributed by atoms with Gasteiger partial charge in [-0.3, -0.25) is 0 Å². The minimum atomic E-state index is 0.525. The molecule has 0 saturated carbocycles. The molecule has 4 aromatic heterocycles. The second kappa shape index (κ2) is 12.3. The van der Waals surface area contributed by atoms with Gasteiger partial charge in [0.25, 0.3) is 0 Å². The second-order valence-corrected chi connectivity index (χ2v) is 14.4. The first-order valence-corrected chi connectivity index (χ1v) is 19.0. The van der Waals surface area contributed by atoms with Crippen LogP contribution in [0.15, 0.2) is 191 Å². The number of fused-ring (bicyclic) bond motifs is 9. The zero-order chi connectivity index (χ0) is 37.5. The van der Waals surface area contributed by atoms with E-state index in [-0.39, 0.29) is 0 Å². The molecule has 0 saturated heterocycles. The van der Waals surface area contributed by atoms with Gasteiger partial charge in [0.15, 0.2) is 17.5 Å². The third kappa shape index (κ3) is 4.94. The van der Waals surface area contributed by atoms with Crippen LogP contribution in [0.25, 0.3) is 117 Å². The highest BCUT2D eigenvalue weighted by atomic mass is 16.3. The number of aromatic nitrogens is 4. The van der Waals surface area contributed by atoms with Crippen molar-refractivity contribution in [3.8, 4) is 51.0 Å². The van der Waals surface area contributed by atoms with Crippen LogP contribution in [0, 0.1) is 0 Å². The van der Waals surface area contributed by atoms with Gasteiger partial charge in [0, 0.05) is 43.6 Å². The van der Waals surface area contributed by atoms with Crippen LogP contribution in [-0.4, -0.2) is 19.5 Å². The summed E-state index contributed by atoms with van der Waals surface area (Å²) in [5.41, 5.74) is 11.3. The quantitative estimate of drug-likeness (QED) is 0.176. The highest BCUT2D eigenvalue weighted by Gasteiger charge is 2.21. The molecule has 0 unspecified atom stereocenters. The Labute approximate surface area is 325 Å². The summed E-state index contributed by atoms with van der Waals surface area (Å²) >= 11 is 0. The van der Waals surface area contributed by atoms with Gasteiger partial charge in [0.1, 0.15) is 22.3 Å². The summed E-state index contributed by atoms with van der Waals surface area (Å²) in [5.74, 6) is 1.63. The molecule has 266 valence electrons. The van der Waals surface area contributed by atoms with Gasteiger partial charge < -0.3 is 13.4 Å². The number of rotatable bonds is 5. The molecule has 0 N–H and O–H groups in total. The summed E-state index contributed by atoms with van der Waals surface area (Å²) in [6, 6.07) is 62.8. The van der Waals surface area contributed by atoms with Crippen molar-refractivity contribution in [3.63, 3.8) is 0 Å². The molecule has 0 amide bonds. The largest absolute Gasteiger partial charge is 0.455 e. The predicted molar refractivity (Wildman–Crippen MR) is 230 cm³/mol. The lowest BCUT2D eigenvalue weighted by Crippen LogP contribution is -2.00. The van der Waals surface area contributed by atoms with Gasteiger partial charge in [-0.05, 0) is 71.8 Å². The summed E-state index contributed by atoms with van der Waals surface area (Å²) < 4.78 is 15.5. The van der Waals surface area contributed by atoms with Crippen LogP contribution < -0.4 is 0 Å². The van der Waals surface area contributed by atoms with Crippen LogP contribution in [-0.2, 0) is 0 Å². The lowest BCUT2D eigenvalue weighted by molar-refractivity contribution is 0.669. The van der Waals surface area contributed by atoms with Gasteiger partial charge in [-0.2, -0.15) is 0 Å². The van der Waals surface area contributed by atoms with E-state index in [0.29, 0.717) is 17.5 Å². The predicted octanol–water partition coefficient (Wildman–Crippen LogP) is 13.4. The van der Waals surface area contributed by atoms with Crippen LogP contribution in [0.5, 0.6) is 0 Å². The molecule has 57 heavy (non-hydrogen) atoms. The van der Waals surface area contributed by atoms with Crippen molar-refractivity contribution in [1.29, 1.82) is 0 Å². The standard InChI is InChI=1S/C51H30N4O2/c1-3-13-31(14-4-1)49-52-50(39-21-11-19-37-36-18-8-10-24-45(36)56-47(37)39)54-51(53-49)40-22-12-20-38-42-30-33(26-28-46(42)57-48(38)40)32-25-27-44-41(29-32)35-17-7-9-23-43(35)55(44)34-15-5-2-6-16-34/h1-30H. The van der Waals surface area contributed by atoms with E-state index in [1.807, 2.05) is 66.7 Å². The first-order valence-electron chi connectivity index (χ1n) is 19.0. The van der Waals surface area contributed by atoms with Crippen molar-refractivity contribution in [3.05, 3.63) is 182 Å². The molecule has 0 aliphatic heterocycles. The molecule has 12 rings (SSSR count). The van der Waals surface area contributed by atoms with E-state index in [1.54, 1.807) is 0 Å². The normalized spacial score (nSPS) is 11.9. The molecule has 0 aliphatic rings. The Bertz CT molecular complexity index is 3530. The molecule has 4 heterocycles. The Balaban J connectivity index is 1.02. The molecule has 8 aromatic carbocycles. The van der Waals surface area contributed by atoms with Crippen molar-refractivity contribution in [2.75, 3.05) is 0 Å². The number of nitrogens with zero attached hydrogens (tertiary/aromatic N) is 4. The zero-order valence-electron chi connectivity index (χ0n) is 30.4. The fourth-order valence-electron chi connectivity index (χ4n) is 8.42. The minimum absolute atomic E-state index is 0.525. The van der Waals surface area contributed by atoms with Crippen LogP contribution >= 0.6 is 0 Å². The van der Waals surface area contributed by atoms with E-state index in [0.717, 1.165) is 77.4 Å². The highest BCUT2D eigenvalue weighted by Crippen LogP contribution is 2.41. The first-order chi connectivity index (χ1) is 28.2. The molecular formula is C51H30N4O2. The fraction of sp³-hybridized carbons (Fsp3) is 0. The average molecular weight is 731 g/mol. The van der Waals surface area contributed by atoms with Gasteiger partial charge >= 0.3 is 0 Å². The van der Waals surface area contributed by atoms with Crippen LogP contribution in [0.3, 0.4) is 0 Å². The van der Waals surface area contributed by atoms with Crippen LogP contribution in [0.1, 0.15) is 0 Å². The monoisotopic (exact) mass is 730 g/mol. The highest BCUT2D eigenvalue weighted by molar-refractivity contribution is 6.13. The lowest BCUT2D eigenvalue weighted by Gasteiger charge is -2.09. The summed E-state index contributed by atoms with van der Waals surface area (Å²) in [7, 11) is 0. The van der Waals surface area contributed by atoms with Gasteiger partial charge in [-0.15, -0.1) is 0 Å². The van der Waals surface area contributed by atoms with Gasteiger partial charge in [0.2, 0.25) is 0 Å². The van der Waals surface area contributed by atoms with Crippen LogP contribution in [0.2, 0.25) is 0 Å². The van der Waals surface area contributed by atoms with E-state index >= 15 is 0 Å². The number of hydrogen-bond donors (Lipinski definition) is 0. The van der Waals surface area contributed by atoms with Crippen molar-refractivity contribution >= 4 is 65.7 Å². The molecule has 0 atom stereocenters. The second-order valence-electron chi connectivity index (χ2n) is 14.4. The third-order valence-electron chi connectivity index (χ3n) is 11.1. The zero-order valence-corrected chi connectivity index (χ0v) is 30.4. The maximum absolute atomic E-state index is 6.69. The van der Waals surface area contributed by atoms with Crippen molar-refractivity contribution in [2.24, 2.45) is 0 Å². The average Bonchev–Trinajstić information content (AvgIpc) is 3.96. The van der Waals surface area contributed by atoms with Gasteiger partial charge in [0.05, 0.1) is 22.2 Å². The lowest BCUT2D eigenvalue weighted by atomic mass is 10.00. The summed E-state index contributed by atoms with van der Waals surface area (Å²) in [6.07, 6.45) is 0. The van der Waals surface area contributed by atoms with Crippen molar-refractivity contribution in [2.45, 2.75) is 0 Å². The SMILES string of the molecule is c1ccc(-c2nc(-c3cccc4c3oc3ccccc34)nc(-c3cccc4c3oc3ccc(-c5ccc6c(c5)c5ccccc5n6-c5ccccc5)cc34)n2)cc1. The molecule has 0 bridgehead atoms. The topological polar surface area (TPSA) is 69.9 Å². The fourth-order valence-corrected chi connectivity index (χ4v) is 8.42. The molecule has 6 nitrogen and oxygen atoms in total. The molecular weight excluding hydrogens is 701 g/mol. The van der Waals surface area contributed by atoms with E-state index in [4.69, 9.17) is 23.8 Å². The van der Waals surface area contributed by atoms with E-state index in [2.05, 4.69) is 120 Å². The summed E-state index contributed by atoms with van der Waals surface area (Å²) in [4.78, 5) is 15.2. The number of benzene rings is 8. The Morgan fingerprint density at radius 2 is 0.860 bits per heavy atom. The van der Waals surface area contributed by atoms with E-state index in [9.17, 15) is 0 Å². The molecule has 12 aromatic rings. The van der Waals surface area contributed by atoms with E-state index in [1.165, 1.54) is 21.8 Å². The Morgan fingerprint density at radius 3 is 1.60 bits per heavy atom. The number of para-hydroxylation sites is 5. The molecule has 0 fully saturated rings. The summed E-state index contributed by atoms with van der Waals surface area (Å²) in [6.45, 7) is 0. The van der Waals surface area contributed by atoms with Crippen molar-refractivity contribution in [1.82, 2.24) is 19.5 Å². The van der Waals surface area contributed by atoms with Crippen molar-refractivity contribution < 1.29 is 8.83 Å². The minimum Gasteiger partial charge on any atom is -0.455 e. The Hall–Kier alpha value is -7.83. The Morgan fingerprint density at radius 1 is 0.333 bits per heavy atom. The smallest absolute Gasteiger partial charge is 0.167 e. The van der Waals surface area contributed by atoms with Crippen LogP contribution in [0.4, 0.5) is 0 Å². The molecule has 0 aliphatic carbocycles. The first kappa shape index (κ1) is 31.5. The number of furan rings is 2. The molecule has 0 radical (unpaired) electrons. The van der Waals surface area contributed by atoms with E-state index < -0.39 is 0 Å². The third-order valence-corrected chi connectivity index (χ3v) is 11.1. The van der Waals surface area contributed by atoms with Gasteiger partial charge in [-0.1, -0.05) is 121 Å². The maximum Gasteiger partial charge on any atom is 0.167 e. The Kier molecular flexibility index (Phi) is 6.83. The molecule has 0 spiro atoms. The summed E-state index contributed by atoms with van der Waals surface area (Å²) in [5, 5.41) is 6.53.